The lowest BCUT2D eigenvalue weighted by Gasteiger charge is -2.04. The zero-order valence-electron chi connectivity index (χ0n) is 11.1. The first-order valence-electron chi connectivity index (χ1n) is 6.50. The minimum absolute atomic E-state index is 0.0399. The molecule has 1 aromatic rings. The van der Waals surface area contributed by atoms with E-state index >= 15 is 0 Å². The van der Waals surface area contributed by atoms with Crippen LogP contribution in [0.3, 0.4) is 0 Å². The first kappa shape index (κ1) is 12.8. The normalized spacial score (nSPS) is 14.9. The third-order valence-electron chi connectivity index (χ3n) is 3.17. The van der Waals surface area contributed by atoms with Crippen molar-refractivity contribution in [1.82, 2.24) is 15.2 Å². The Kier molecular flexibility index (Phi) is 4.12. The van der Waals surface area contributed by atoms with Gasteiger partial charge in [0.2, 0.25) is 5.91 Å². The molecular formula is C13H20N4O. The van der Waals surface area contributed by atoms with Crippen LogP contribution in [0.4, 0.5) is 0 Å². The predicted octanol–water partition coefficient (Wildman–Crippen LogP) is 1.94. The van der Waals surface area contributed by atoms with Crippen molar-refractivity contribution < 1.29 is 4.79 Å². The van der Waals surface area contributed by atoms with Crippen molar-refractivity contribution in [3.63, 3.8) is 0 Å². The molecule has 0 aromatic carbocycles. The van der Waals surface area contributed by atoms with Crippen molar-refractivity contribution >= 4 is 11.6 Å². The maximum atomic E-state index is 11.6. The highest BCUT2D eigenvalue weighted by Crippen LogP contribution is 2.13. The molecule has 0 aliphatic heterocycles. The van der Waals surface area contributed by atoms with E-state index in [-0.39, 0.29) is 5.91 Å². The van der Waals surface area contributed by atoms with E-state index in [1.807, 2.05) is 24.6 Å². The Bertz CT molecular complexity index is 454. The molecule has 1 aromatic heterocycles. The summed E-state index contributed by atoms with van der Waals surface area (Å²) in [4.78, 5) is 11.6. The van der Waals surface area contributed by atoms with Crippen molar-refractivity contribution in [3.05, 3.63) is 17.5 Å². The Balaban J connectivity index is 1.78. The van der Waals surface area contributed by atoms with Crippen LogP contribution in [0.5, 0.6) is 0 Å². The molecule has 5 nitrogen and oxygen atoms in total. The first-order valence-corrected chi connectivity index (χ1v) is 6.50. The molecule has 1 fully saturated rings. The summed E-state index contributed by atoms with van der Waals surface area (Å²) in [6, 6.07) is 2.01. The molecule has 1 amide bonds. The SMILES string of the molecule is Cc1cc(C)n(CCC(=O)NN=C2CCCC2)n1. The largest absolute Gasteiger partial charge is 0.273 e. The highest BCUT2D eigenvalue weighted by Gasteiger charge is 2.09. The van der Waals surface area contributed by atoms with E-state index in [4.69, 9.17) is 0 Å². The van der Waals surface area contributed by atoms with Crippen LogP contribution in [0.15, 0.2) is 11.2 Å². The zero-order valence-corrected chi connectivity index (χ0v) is 11.1. The molecule has 1 N–H and O–H groups in total. The summed E-state index contributed by atoms with van der Waals surface area (Å²) < 4.78 is 1.86. The van der Waals surface area contributed by atoms with Gasteiger partial charge in [0, 0.05) is 17.8 Å². The fourth-order valence-electron chi connectivity index (χ4n) is 2.20. The van der Waals surface area contributed by atoms with Gasteiger partial charge in [-0.3, -0.25) is 9.48 Å². The summed E-state index contributed by atoms with van der Waals surface area (Å²) in [6.45, 7) is 4.56. The average Bonchev–Trinajstić information content (AvgIpc) is 2.94. The molecule has 0 bridgehead atoms. The number of hydrogen-bond acceptors (Lipinski definition) is 3. The fourth-order valence-corrected chi connectivity index (χ4v) is 2.20. The summed E-state index contributed by atoms with van der Waals surface area (Å²) in [5.74, 6) is -0.0399. The topological polar surface area (TPSA) is 59.3 Å². The quantitative estimate of drug-likeness (QED) is 0.828. The highest BCUT2D eigenvalue weighted by molar-refractivity contribution is 5.87. The van der Waals surface area contributed by atoms with Gasteiger partial charge in [-0.2, -0.15) is 10.2 Å². The molecule has 0 radical (unpaired) electrons. The predicted molar refractivity (Wildman–Crippen MR) is 70.4 cm³/mol. The second-order valence-corrected chi connectivity index (χ2v) is 4.82. The number of amides is 1. The zero-order chi connectivity index (χ0) is 13.0. The lowest BCUT2D eigenvalue weighted by atomic mass is 10.3. The van der Waals surface area contributed by atoms with Crippen LogP contribution in [0.2, 0.25) is 0 Å². The molecule has 1 heterocycles. The molecule has 5 heteroatoms. The minimum Gasteiger partial charge on any atom is -0.273 e. The Morgan fingerprint density at radius 1 is 1.44 bits per heavy atom. The van der Waals surface area contributed by atoms with Gasteiger partial charge in [0.1, 0.15) is 0 Å². The van der Waals surface area contributed by atoms with Crippen LogP contribution in [0.1, 0.15) is 43.5 Å². The maximum Gasteiger partial charge on any atom is 0.241 e. The molecule has 1 aliphatic rings. The number of hydrazone groups is 1. The molecule has 1 aliphatic carbocycles. The van der Waals surface area contributed by atoms with Crippen molar-refractivity contribution in [3.8, 4) is 0 Å². The first-order chi connectivity index (χ1) is 8.65. The highest BCUT2D eigenvalue weighted by atomic mass is 16.2. The van der Waals surface area contributed by atoms with Crippen LogP contribution in [-0.2, 0) is 11.3 Å². The lowest BCUT2D eigenvalue weighted by molar-refractivity contribution is -0.121. The van der Waals surface area contributed by atoms with E-state index < -0.39 is 0 Å². The molecule has 0 saturated heterocycles. The van der Waals surface area contributed by atoms with Gasteiger partial charge in [0.05, 0.1) is 12.2 Å². The standard InChI is InChI=1S/C13H20N4O/c1-10-9-11(2)17(16-10)8-7-13(18)15-14-12-5-3-4-6-12/h9H,3-8H2,1-2H3,(H,15,18). The van der Waals surface area contributed by atoms with Crippen LogP contribution in [-0.4, -0.2) is 21.4 Å². The molecule has 18 heavy (non-hydrogen) atoms. The summed E-state index contributed by atoms with van der Waals surface area (Å²) in [5.41, 5.74) is 5.82. The number of aryl methyl sites for hydroxylation is 3. The Morgan fingerprint density at radius 2 is 2.17 bits per heavy atom. The molecule has 2 rings (SSSR count). The third-order valence-corrected chi connectivity index (χ3v) is 3.17. The van der Waals surface area contributed by atoms with Gasteiger partial charge >= 0.3 is 0 Å². The molecule has 98 valence electrons. The van der Waals surface area contributed by atoms with E-state index in [1.165, 1.54) is 12.8 Å². The van der Waals surface area contributed by atoms with Gasteiger partial charge in [-0.15, -0.1) is 0 Å². The lowest BCUT2D eigenvalue weighted by Crippen LogP contribution is -2.21. The summed E-state index contributed by atoms with van der Waals surface area (Å²) in [7, 11) is 0. The number of hydrogen-bond donors (Lipinski definition) is 1. The smallest absolute Gasteiger partial charge is 0.241 e. The summed E-state index contributed by atoms with van der Waals surface area (Å²) in [6.07, 6.45) is 4.86. The number of nitrogens with one attached hydrogen (secondary N) is 1. The number of carbonyl (C=O) groups is 1. The van der Waals surface area contributed by atoms with Gasteiger partial charge in [0.25, 0.3) is 0 Å². The fraction of sp³-hybridized carbons (Fsp3) is 0.615. The number of rotatable bonds is 4. The van der Waals surface area contributed by atoms with Gasteiger partial charge in [-0.05, 0) is 45.6 Å². The second kappa shape index (κ2) is 5.80. The average molecular weight is 248 g/mol. The second-order valence-electron chi connectivity index (χ2n) is 4.82. The molecule has 0 atom stereocenters. The van der Waals surface area contributed by atoms with E-state index in [0.717, 1.165) is 29.9 Å². The third kappa shape index (κ3) is 3.42. The van der Waals surface area contributed by atoms with Crippen molar-refractivity contribution in [2.75, 3.05) is 0 Å². The number of nitrogens with zero attached hydrogens (tertiary/aromatic N) is 3. The van der Waals surface area contributed by atoms with Crippen LogP contribution >= 0.6 is 0 Å². The van der Waals surface area contributed by atoms with Crippen molar-refractivity contribution in [1.29, 1.82) is 0 Å². The van der Waals surface area contributed by atoms with Gasteiger partial charge in [-0.25, -0.2) is 5.43 Å². The maximum absolute atomic E-state index is 11.6. The molecule has 0 unspecified atom stereocenters. The summed E-state index contributed by atoms with van der Waals surface area (Å²) in [5, 5.41) is 8.47. The molecule has 1 saturated carbocycles. The van der Waals surface area contributed by atoms with Crippen molar-refractivity contribution in [2.45, 2.75) is 52.5 Å². The minimum atomic E-state index is -0.0399. The molecule has 0 spiro atoms. The monoisotopic (exact) mass is 248 g/mol. The Hall–Kier alpha value is -1.65. The van der Waals surface area contributed by atoms with Crippen LogP contribution in [0, 0.1) is 13.8 Å². The van der Waals surface area contributed by atoms with E-state index in [1.54, 1.807) is 0 Å². The van der Waals surface area contributed by atoms with E-state index in [0.29, 0.717) is 13.0 Å². The van der Waals surface area contributed by atoms with Crippen LogP contribution < -0.4 is 5.43 Å². The molecular weight excluding hydrogens is 228 g/mol. The Morgan fingerprint density at radius 3 is 2.78 bits per heavy atom. The van der Waals surface area contributed by atoms with Gasteiger partial charge < -0.3 is 0 Å². The van der Waals surface area contributed by atoms with Gasteiger partial charge in [-0.1, -0.05) is 0 Å². The van der Waals surface area contributed by atoms with E-state index in [2.05, 4.69) is 15.6 Å². The van der Waals surface area contributed by atoms with Gasteiger partial charge in [0.15, 0.2) is 0 Å². The van der Waals surface area contributed by atoms with Crippen molar-refractivity contribution in [2.24, 2.45) is 5.10 Å². The number of aromatic nitrogens is 2. The van der Waals surface area contributed by atoms with E-state index in [9.17, 15) is 4.79 Å². The number of carbonyl (C=O) groups excluding carboxylic acids is 1. The summed E-state index contributed by atoms with van der Waals surface area (Å²) >= 11 is 0. The Labute approximate surface area is 107 Å². The van der Waals surface area contributed by atoms with Crippen LogP contribution in [0.25, 0.3) is 0 Å².